The van der Waals surface area contributed by atoms with Crippen molar-refractivity contribution in [1.82, 2.24) is 9.19 Å². The van der Waals surface area contributed by atoms with Crippen LogP contribution in [0.2, 0.25) is 0 Å². The number of nitrogens with zero attached hydrogens (tertiary/aromatic N) is 3. The summed E-state index contributed by atoms with van der Waals surface area (Å²) in [6.07, 6.45) is 0. The molecule has 14 heavy (non-hydrogen) atoms. The summed E-state index contributed by atoms with van der Waals surface area (Å²) in [6.45, 7) is 2.90. The summed E-state index contributed by atoms with van der Waals surface area (Å²) in [6, 6.07) is 1.12. The molecule has 1 rings (SSSR count). The van der Waals surface area contributed by atoms with Crippen LogP contribution in [0.5, 0.6) is 0 Å². The molecule has 1 aromatic rings. The van der Waals surface area contributed by atoms with Crippen LogP contribution in [0.1, 0.15) is 12.6 Å². The van der Waals surface area contributed by atoms with E-state index in [1.807, 2.05) is 0 Å². The zero-order chi connectivity index (χ0) is 10.9. The summed E-state index contributed by atoms with van der Waals surface area (Å²) >= 11 is 0. The minimum atomic E-state index is -3.54. The van der Waals surface area contributed by atoms with E-state index in [-0.39, 0.29) is 11.4 Å². The second-order valence-electron chi connectivity index (χ2n) is 2.64. The van der Waals surface area contributed by atoms with Crippen molar-refractivity contribution in [2.45, 2.75) is 13.8 Å². The average Bonchev–Trinajstić information content (AvgIpc) is 2.48. The first-order valence-electron chi connectivity index (χ1n) is 3.83. The van der Waals surface area contributed by atoms with Crippen molar-refractivity contribution in [3.63, 3.8) is 0 Å². The van der Waals surface area contributed by atoms with Crippen LogP contribution in [0.4, 0.5) is 5.82 Å². The Hall–Kier alpha value is -1.44. The molecule has 0 radical (unpaired) electrons. The molecule has 0 amide bonds. The zero-order valence-electron chi connectivity index (χ0n) is 7.67. The average molecular weight is 219 g/mol. The van der Waals surface area contributed by atoms with Crippen molar-refractivity contribution in [2.75, 3.05) is 5.75 Å². The highest BCUT2D eigenvalue weighted by molar-refractivity contribution is 7.89. The Balaban J connectivity index is 3.31. The molecule has 0 aliphatic carbocycles. The van der Waals surface area contributed by atoms with Gasteiger partial charge in [0, 0.05) is 0 Å². The standard InChI is InChI=1S/C6H9N3O4S/c1-3-14(12,13)8-5(2)4-6(7-8)9(10)11/h4H,3H2,1-2H3. The van der Waals surface area contributed by atoms with Crippen LogP contribution in [0.15, 0.2) is 6.07 Å². The zero-order valence-corrected chi connectivity index (χ0v) is 8.48. The van der Waals surface area contributed by atoms with Crippen LogP contribution >= 0.6 is 0 Å². The van der Waals surface area contributed by atoms with Crippen molar-refractivity contribution in [2.24, 2.45) is 0 Å². The third kappa shape index (κ3) is 1.74. The fraction of sp³-hybridized carbons (Fsp3) is 0.500. The molecule has 8 heteroatoms. The quantitative estimate of drug-likeness (QED) is 0.538. The van der Waals surface area contributed by atoms with E-state index in [1.54, 1.807) is 0 Å². The molecule has 0 bridgehead atoms. The molecule has 1 heterocycles. The van der Waals surface area contributed by atoms with Gasteiger partial charge in [-0.05, 0) is 18.8 Å². The molecule has 1 aromatic heterocycles. The topological polar surface area (TPSA) is 95.1 Å². The van der Waals surface area contributed by atoms with E-state index in [0.29, 0.717) is 4.09 Å². The van der Waals surface area contributed by atoms with Gasteiger partial charge in [-0.3, -0.25) is 0 Å². The Morgan fingerprint density at radius 3 is 2.57 bits per heavy atom. The highest BCUT2D eigenvalue weighted by atomic mass is 32.2. The Labute approximate surface area is 80.5 Å². The van der Waals surface area contributed by atoms with Gasteiger partial charge in [0.2, 0.25) is 0 Å². The number of hydrogen-bond acceptors (Lipinski definition) is 5. The van der Waals surface area contributed by atoms with E-state index in [1.165, 1.54) is 13.8 Å². The Kier molecular flexibility index (Phi) is 2.56. The Morgan fingerprint density at radius 1 is 1.64 bits per heavy atom. The predicted octanol–water partition coefficient (Wildman–Crippen LogP) is 0.298. The van der Waals surface area contributed by atoms with Crippen molar-refractivity contribution >= 4 is 15.8 Å². The van der Waals surface area contributed by atoms with Gasteiger partial charge in [0.25, 0.3) is 10.0 Å². The maximum absolute atomic E-state index is 11.3. The van der Waals surface area contributed by atoms with Gasteiger partial charge in [0.15, 0.2) is 0 Å². The van der Waals surface area contributed by atoms with E-state index in [0.717, 1.165) is 6.07 Å². The maximum atomic E-state index is 11.3. The molecular weight excluding hydrogens is 210 g/mol. The normalized spacial score (nSPS) is 11.6. The fourth-order valence-corrected chi connectivity index (χ4v) is 1.88. The molecule has 0 spiro atoms. The summed E-state index contributed by atoms with van der Waals surface area (Å²) < 4.78 is 23.4. The molecule has 0 fully saturated rings. The van der Waals surface area contributed by atoms with E-state index in [9.17, 15) is 18.5 Å². The molecule has 0 saturated heterocycles. The van der Waals surface area contributed by atoms with Crippen molar-refractivity contribution in [3.8, 4) is 0 Å². The van der Waals surface area contributed by atoms with Crippen molar-refractivity contribution in [3.05, 3.63) is 21.9 Å². The van der Waals surface area contributed by atoms with E-state index >= 15 is 0 Å². The minimum absolute atomic E-state index is 0.146. The number of aryl methyl sites for hydroxylation is 1. The summed E-state index contributed by atoms with van der Waals surface area (Å²) in [5, 5.41) is 13.7. The van der Waals surface area contributed by atoms with Crippen LogP contribution in [-0.4, -0.2) is 28.3 Å². The Morgan fingerprint density at radius 2 is 2.21 bits per heavy atom. The first kappa shape index (κ1) is 10.6. The minimum Gasteiger partial charge on any atom is -0.358 e. The Bertz CT molecular complexity index is 461. The molecule has 0 atom stereocenters. The fourth-order valence-electron chi connectivity index (χ4n) is 0.936. The van der Waals surface area contributed by atoms with Gasteiger partial charge in [0.1, 0.15) is 0 Å². The summed E-state index contributed by atoms with van der Waals surface area (Å²) in [5.74, 6) is -0.605. The van der Waals surface area contributed by atoms with Crippen LogP contribution in [-0.2, 0) is 10.0 Å². The second-order valence-corrected chi connectivity index (χ2v) is 4.73. The van der Waals surface area contributed by atoms with Gasteiger partial charge in [-0.2, -0.15) is 0 Å². The lowest BCUT2D eigenvalue weighted by Gasteiger charge is -1.96. The maximum Gasteiger partial charge on any atom is 0.391 e. The second kappa shape index (κ2) is 3.37. The third-order valence-electron chi connectivity index (χ3n) is 1.65. The monoisotopic (exact) mass is 219 g/mol. The molecule has 7 nitrogen and oxygen atoms in total. The van der Waals surface area contributed by atoms with Gasteiger partial charge < -0.3 is 10.1 Å². The first-order chi connectivity index (χ1) is 6.38. The highest BCUT2D eigenvalue weighted by Gasteiger charge is 2.23. The number of hydrogen-bond donors (Lipinski definition) is 0. The lowest BCUT2D eigenvalue weighted by molar-refractivity contribution is -0.389. The number of nitro groups is 1. The smallest absolute Gasteiger partial charge is 0.358 e. The molecule has 0 N–H and O–H groups in total. The van der Waals surface area contributed by atoms with Gasteiger partial charge >= 0.3 is 5.82 Å². The van der Waals surface area contributed by atoms with Crippen molar-refractivity contribution in [1.29, 1.82) is 0 Å². The van der Waals surface area contributed by atoms with E-state index in [4.69, 9.17) is 0 Å². The third-order valence-corrected chi connectivity index (χ3v) is 3.27. The molecule has 0 aliphatic rings. The molecular formula is C6H9N3O4S. The molecule has 0 aliphatic heterocycles. The molecule has 0 aromatic carbocycles. The first-order valence-corrected chi connectivity index (χ1v) is 5.43. The van der Waals surface area contributed by atoms with Crippen LogP contribution in [0.25, 0.3) is 0 Å². The lowest BCUT2D eigenvalue weighted by atomic mass is 10.5. The summed E-state index contributed by atoms with van der Waals surface area (Å²) in [5.41, 5.74) is 0.235. The highest BCUT2D eigenvalue weighted by Crippen LogP contribution is 2.12. The number of aromatic nitrogens is 2. The van der Waals surface area contributed by atoms with Gasteiger partial charge in [-0.1, -0.05) is 4.09 Å². The van der Waals surface area contributed by atoms with Gasteiger partial charge in [-0.25, -0.2) is 8.42 Å². The van der Waals surface area contributed by atoms with Crippen LogP contribution < -0.4 is 0 Å². The SMILES string of the molecule is CCS(=O)(=O)n1nc([N+](=O)[O-])cc1C. The summed E-state index contributed by atoms with van der Waals surface area (Å²) in [7, 11) is -3.54. The van der Waals surface area contributed by atoms with Gasteiger partial charge in [0.05, 0.1) is 22.6 Å². The number of rotatable bonds is 3. The molecule has 78 valence electrons. The van der Waals surface area contributed by atoms with Crippen LogP contribution in [0, 0.1) is 17.0 Å². The van der Waals surface area contributed by atoms with Crippen molar-refractivity contribution < 1.29 is 13.3 Å². The molecule has 0 unspecified atom stereocenters. The largest absolute Gasteiger partial charge is 0.391 e. The van der Waals surface area contributed by atoms with E-state index in [2.05, 4.69) is 5.10 Å². The van der Waals surface area contributed by atoms with E-state index < -0.39 is 20.8 Å². The molecule has 0 saturated carbocycles. The lowest BCUT2D eigenvalue weighted by Crippen LogP contribution is -2.17. The predicted molar refractivity (Wildman–Crippen MR) is 48.5 cm³/mol. The van der Waals surface area contributed by atoms with Gasteiger partial charge in [-0.15, -0.1) is 0 Å². The summed E-state index contributed by atoms with van der Waals surface area (Å²) in [4.78, 5) is 9.59. The van der Waals surface area contributed by atoms with Crippen LogP contribution in [0.3, 0.4) is 0 Å².